The van der Waals surface area contributed by atoms with E-state index in [1.165, 1.54) is 32.4 Å². The van der Waals surface area contributed by atoms with Crippen LogP contribution in [0.25, 0.3) is 0 Å². The van der Waals surface area contributed by atoms with E-state index in [1.54, 1.807) is 30.3 Å². The van der Waals surface area contributed by atoms with Gasteiger partial charge in [0.2, 0.25) is 5.84 Å². The Balaban J connectivity index is 2.44. The minimum atomic E-state index is -4.66. The molecule has 0 fully saturated rings. The lowest BCUT2D eigenvalue weighted by Crippen LogP contribution is -2.30. The smallest absolute Gasteiger partial charge is 0.449 e. The van der Waals surface area contributed by atoms with Crippen LogP contribution in [0.4, 0.5) is 24.5 Å². The molecule has 0 bridgehead atoms. The van der Waals surface area contributed by atoms with E-state index >= 15 is 0 Å². The summed E-state index contributed by atoms with van der Waals surface area (Å²) in [7, 11) is 2.75. The number of benzene rings is 2. The molecule has 0 aliphatic heterocycles. The van der Waals surface area contributed by atoms with Crippen LogP contribution < -0.4 is 14.8 Å². The Morgan fingerprint density at radius 3 is 2.09 bits per heavy atom. The first kappa shape index (κ1) is 16.7. The largest absolute Gasteiger partial charge is 0.495 e. The van der Waals surface area contributed by atoms with Crippen LogP contribution in [-0.4, -0.2) is 26.2 Å². The van der Waals surface area contributed by atoms with Crippen LogP contribution in [0.3, 0.4) is 0 Å². The molecule has 7 heteroatoms. The minimum Gasteiger partial charge on any atom is -0.495 e. The van der Waals surface area contributed by atoms with E-state index in [4.69, 9.17) is 9.47 Å². The van der Waals surface area contributed by atoms with Gasteiger partial charge in [0.1, 0.15) is 17.2 Å². The number of alkyl halides is 3. The fourth-order valence-corrected chi connectivity index (χ4v) is 1.88. The SMILES string of the molecule is COc1ccccc1N=C(Nc1ccccc1OC)C(F)(F)F. The summed E-state index contributed by atoms with van der Waals surface area (Å²) >= 11 is 0. The molecule has 0 radical (unpaired) electrons. The third kappa shape index (κ3) is 4.15. The van der Waals surface area contributed by atoms with Gasteiger partial charge >= 0.3 is 6.18 Å². The number of methoxy groups -OCH3 is 2. The van der Waals surface area contributed by atoms with Gasteiger partial charge in [0, 0.05) is 0 Å². The zero-order chi connectivity index (χ0) is 16.9. The Hall–Kier alpha value is -2.70. The molecule has 0 saturated carbocycles. The highest BCUT2D eigenvalue weighted by molar-refractivity contribution is 6.02. The van der Waals surface area contributed by atoms with Crippen molar-refractivity contribution in [1.29, 1.82) is 0 Å². The van der Waals surface area contributed by atoms with E-state index < -0.39 is 12.0 Å². The molecular formula is C16H15F3N2O2. The summed E-state index contributed by atoms with van der Waals surface area (Å²) in [5.74, 6) is -0.632. The number of nitrogens with one attached hydrogen (secondary N) is 1. The van der Waals surface area contributed by atoms with Gasteiger partial charge in [-0.05, 0) is 24.3 Å². The highest BCUT2D eigenvalue weighted by Gasteiger charge is 2.37. The molecule has 0 unspecified atom stereocenters. The van der Waals surface area contributed by atoms with E-state index in [9.17, 15) is 13.2 Å². The summed E-state index contributed by atoms with van der Waals surface area (Å²) in [5, 5.41) is 2.28. The first-order valence-corrected chi connectivity index (χ1v) is 6.64. The molecular weight excluding hydrogens is 309 g/mol. The molecule has 0 aromatic heterocycles. The van der Waals surface area contributed by atoms with E-state index in [-0.39, 0.29) is 22.9 Å². The monoisotopic (exact) mass is 324 g/mol. The first-order chi connectivity index (χ1) is 11.0. The van der Waals surface area contributed by atoms with Gasteiger partial charge in [-0.15, -0.1) is 0 Å². The van der Waals surface area contributed by atoms with E-state index in [0.29, 0.717) is 0 Å². The van der Waals surface area contributed by atoms with Crippen molar-refractivity contribution in [3.8, 4) is 11.5 Å². The summed E-state index contributed by atoms with van der Waals surface area (Å²) < 4.78 is 49.9. The third-order valence-electron chi connectivity index (χ3n) is 2.95. The maximum atomic E-state index is 13.3. The average molecular weight is 324 g/mol. The lowest BCUT2D eigenvalue weighted by Gasteiger charge is -2.15. The highest BCUT2D eigenvalue weighted by atomic mass is 19.4. The minimum absolute atomic E-state index is 0.0738. The second-order valence-electron chi connectivity index (χ2n) is 4.46. The van der Waals surface area contributed by atoms with Crippen molar-refractivity contribution in [3.63, 3.8) is 0 Å². The molecule has 4 nitrogen and oxygen atoms in total. The zero-order valence-corrected chi connectivity index (χ0v) is 12.5. The molecule has 2 aromatic rings. The second kappa shape index (κ2) is 7.04. The Labute approximate surface area is 131 Å². The van der Waals surface area contributed by atoms with Crippen molar-refractivity contribution in [2.45, 2.75) is 6.18 Å². The summed E-state index contributed by atoms with van der Waals surface area (Å²) in [6.45, 7) is 0. The van der Waals surface area contributed by atoms with Gasteiger partial charge in [-0.25, -0.2) is 4.99 Å². The van der Waals surface area contributed by atoms with Gasteiger partial charge < -0.3 is 14.8 Å². The van der Waals surface area contributed by atoms with Gasteiger partial charge in [-0.3, -0.25) is 0 Å². The van der Waals surface area contributed by atoms with Crippen molar-refractivity contribution >= 4 is 17.2 Å². The first-order valence-electron chi connectivity index (χ1n) is 6.64. The number of anilines is 1. The summed E-state index contributed by atoms with van der Waals surface area (Å²) in [5.41, 5.74) is 0.241. The van der Waals surface area contributed by atoms with Crippen molar-refractivity contribution in [2.24, 2.45) is 4.99 Å². The van der Waals surface area contributed by atoms with E-state index in [2.05, 4.69) is 10.3 Å². The molecule has 0 aliphatic carbocycles. The number of rotatable bonds is 4. The quantitative estimate of drug-likeness (QED) is 0.669. The Morgan fingerprint density at radius 1 is 0.913 bits per heavy atom. The molecule has 2 rings (SSSR count). The van der Waals surface area contributed by atoms with Crippen molar-refractivity contribution in [3.05, 3.63) is 48.5 Å². The molecule has 0 amide bonds. The highest BCUT2D eigenvalue weighted by Crippen LogP contribution is 2.31. The van der Waals surface area contributed by atoms with Crippen LogP contribution in [0, 0.1) is 0 Å². The zero-order valence-electron chi connectivity index (χ0n) is 12.5. The lowest BCUT2D eigenvalue weighted by atomic mass is 10.2. The predicted octanol–water partition coefficient (Wildman–Crippen LogP) is 4.41. The van der Waals surface area contributed by atoms with E-state index in [1.807, 2.05) is 0 Å². The number of ether oxygens (including phenoxy) is 2. The molecule has 23 heavy (non-hydrogen) atoms. The summed E-state index contributed by atoms with van der Waals surface area (Å²) in [6.07, 6.45) is -4.66. The Bertz CT molecular complexity index is 700. The lowest BCUT2D eigenvalue weighted by molar-refractivity contribution is -0.0586. The molecule has 0 atom stereocenters. The number of amidine groups is 1. The van der Waals surface area contributed by atoms with Gasteiger partial charge in [-0.1, -0.05) is 24.3 Å². The number of hydrogen-bond acceptors (Lipinski definition) is 3. The topological polar surface area (TPSA) is 42.8 Å². The number of para-hydroxylation sites is 4. The molecule has 2 aromatic carbocycles. The standard InChI is InChI=1S/C16H15F3N2O2/c1-22-13-9-5-3-7-11(13)20-15(16(17,18)19)21-12-8-4-6-10-14(12)23-2/h3-10H,1-2H3,(H,20,21). The van der Waals surface area contributed by atoms with Gasteiger partial charge in [0.15, 0.2) is 0 Å². The maximum Gasteiger partial charge on any atom is 0.449 e. The van der Waals surface area contributed by atoms with Crippen LogP contribution in [0.1, 0.15) is 0 Å². The Kier molecular flexibility index (Phi) is 5.10. The maximum absolute atomic E-state index is 13.3. The van der Waals surface area contributed by atoms with Gasteiger partial charge in [0.25, 0.3) is 0 Å². The van der Waals surface area contributed by atoms with Gasteiger partial charge in [-0.2, -0.15) is 13.2 Å². The summed E-state index contributed by atoms with van der Waals surface area (Å²) in [4.78, 5) is 3.67. The molecule has 0 saturated heterocycles. The number of halogens is 3. The molecule has 0 aliphatic rings. The van der Waals surface area contributed by atoms with Crippen LogP contribution in [0.2, 0.25) is 0 Å². The van der Waals surface area contributed by atoms with Gasteiger partial charge in [0.05, 0.1) is 19.9 Å². The summed E-state index contributed by atoms with van der Waals surface area (Å²) in [6, 6.07) is 12.5. The fraction of sp³-hybridized carbons (Fsp3) is 0.188. The van der Waals surface area contributed by atoms with Crippen LogP contribution in [0.5, 0.6) is 11.5 Å². The number of hydrogen-bond donors (Lipinski definition) is 1. The fourth-order valence-electron chi connectivity index (χ4n) is 1.88. The Morgan fingerprint density at radius 2 is 1.48 bits per heavy atom. The molecule has 0 heterocycles. The van der Waals surface area contributed by atoms with Crippen LogP contribution in [-0.2, 0) is 0 Å². The normalized spacial score (nSPS) is 12.0. The van der Waals surface area contributed by atoms with Crippen LogP contribution in [0.15, 0.2) is 53.5 Å². The second-order valence-corrected chi connectivity index (χ2v) is 4.46. The molecule has 122 valence electrons. The van der Waals surface area contributed by atoms with Crippen molar-refractivity contribution < 1.29 is 22.6 Å². The molecule has 1 N–H and O–H groups in total. The third-order valence-corrected chi connectivity index (χ3v) is 2.95. The van der Waals surface area contributed by atoms with E-state index in [0.717, 1.165) is 0 Å². The van der Waals surface area contributed by atoms with Crippen molar-refractivity contribution in [2.75, 3.05) is 19.5 Å². The van der Waals surface area contributed by atoms with Crippen LogP contribution >= 0.6 is 0 Å². The average Bonchev–Trinajstić information content (AvgIpc) is 2.54. The van der Waals surface area contributed by atoms with Crippen molar-refractivity contribution in [1.82, 2.24) is 0 Å². The number of nitrogens with zero attached hydrogens (tertiary/aromatic N) is 1. The molecule has 0 spiro atoms. The number of aliphatic imine (C=N–C) groups is 1. The predicted molar refractivity (Wildman–Crippen MR) is 82.8 cm³/mol.